The molecule has 0 spiro atoms. The van der Waals surface area contributed by atoms with Crippen molar-refractivity contribution in [3.05, 3.63) is 73.1 Å². The molecule has 1 N–H and O–H groups in total. The van der Waals surface area contributed by atoms with Crippen molar-refractivity contribution in [1.82, 2.24) is 15.0 Å². The maximum absolute atomic E-state index is 12.7. The Hall–Kier alpha value is -3.61. The van der Waals surface area contributed by atoms with Gasteiger partial charge in [-0.05, 0) is 12.1 Å². The number of hydrogen-bond donors (Lipinski definition) is 1. The molecule has 0 unspecified atom stereocenters. The number of hydrogen-bond acceptors (Lipinski definition) is 5. The normalized spacial score (nSPS) is 10.3. The Morgan fingerprint density at radius 1 is 1.22 bits per heavy atom. The molecule has 138 valence electrons. The number of aromatic nitrogens is 2. The van der Waals surface area contributed by atoms with Gasteiger partial charge in [-0.1, -0.05) is 53.7 Å². The van der Waals surface area contributed by atoms with Crippen molar-refractivity contribution in [1.29, 1.82) is 0 Å². The second-order valence-electron chi connectivity index (χ2n) is 5.68. The van der Waals surface area contributed by atoms with Crippen molar-refractivity contribution in [2.24, 2.45) is 0 Å². The van der Waals surface area contributed by atoms with E-state index < -0.39 is 0 Å². The lowest BCUT2D eigenvalue weighted by Crippen LogP contribution is -2.34. The predicted molar refractivity (Wildman–Crippen MR) is 102 cm³/mol. The van der Waals surface area contributed by atoms with E-state index in [4.69, 9.17) is 9.26 Å². The fourth-order valence-corrected chi connectivity index (χ4v) is 2.50. The van der Waals surface area contributed by atoms with Crippen LogP contribution >= 0.6 is 0 Å². The molecule has 0 atom stereocenters. The van der Waals surface area contributed by atoms with Crippen LogP contribution < -0.4 is 10.1 Å². The summed E-state index contributed by atoms with van der Waals surface area (Å²) in [5.74, 6) is 1.40. The third kappa shape index (κ3) is 4.52. The maximum Gasteiger partial charge on any atom is 0.322 e. The van der Waals surface area contributed by atoms with Gasteiger partial charge in [0.2, 0.25) is 11.7 Å². The Bertz CT molecular complexity index is 908. The molecule has 0 saturated carbocycles. The summed E-state index contributed by atoms with van der Waals surface area (Å²) < 4.78 is 10.6. The van der Waals surface area contributed by atoms with Crippen LogP contribution in [-0.4, -0.2) is 34.7 Å². The molecular weight excluding hydrogens is 344 g/mol. The highest BCUT2D eigenvalue weighted by molar-refractivity contribution is 5.91. The Morgan fingerprint density at radius 2 is 1.96 bits per heavy atom. The summed E-state index contributed by atoms with van der Waals surface area (Å²) in [4.78, 5) is 18.6. The lowest BCUT2D eigenvalue weighted by molar-refractivity contribution is 0.206. The molecule has 3 rings (SSSR count). The number of rotatable bonds is 7. The Kier molecular flexibility index (Phi) is 5.84. The fourth-order valence-electron chi connectivity index (χ4n) is 2.50. The van der Waals surface area contributed by atoms with Crippen molar-refractivity contribution in [3.63, 3.8) is 0 Å². The lowest BCUT2D eigenvalue weighted by Gasteiger charge is -2.20. The van der Waals surface area contributed by atoms with Crippen LogP contribution in [0.4, 0.5) is 10.5 Å². The van der Waals surface area contributed by atoms with Crippen LogP contribution in [0.1, 0.15) is 5.89 Å². The van der Waals surface area contributed by atoms with E-state index in [0.717, 1.165) is 5.56 Å². The van der Waals surface area contributed by atoms with Crippen molar-refractivity contribution >= 4 is 11.7 Å². The van der Waals surface area contributed by atoms with E-state index in [1.165, 1.54) is 4.90 Å². The molecule has 0 radical (unpaired) electrons. The third-order valence-electron chi connectivity index (χ3n) is 3.81. The van der Waals surface area contributed by atoms with Gasteiger partial charge in [0, 0.05) is 12.1 Å². The predicted octanol–water partition coefficient (Wildman–Crippen LogP) is 3.97. The van der Waals surface area contributed by atoms with Gasteiger partial charge in [-0.3, -0.25) is 0 Å². The van der Waals surface area contributed by atoms with Crippen molar-refractivity contribution in [2.45, 2.75) is 6.54 Å². The molecule has 0 bridgehead atoms. The number of benzene rings is 2. The average molecular weight is 364 g/mol. The SMILES string of the molecule is C=CCN(Cc1nc(-c2ccccc2)no1)C(=O)Nc1ccccc1OC. The molecule has 2 amide bonds. The minimum Gasteiger partial charge on any atom is -0.495 e. The largest absolute Gasteiger partial charge is 0.495 e. The number of methoxy groups -OCH3 is 1. The standard InChI is InChI=1S/C20H20N4O3/c1-3-13-24(20(25)21-16-11-7-8-12-17(16)26-2)14-18-22-19(23-27-18)15-9-5-4-6-10-15/h3-12H,1,13-14H2,2H3,(H,21,25). The van der Waals surface area contributed by atoms with E-state index >= 15 is 0 Å². The average Bonchev–Trinajstić information content (AvgIpc) is 3.17. The van der Waals surface area contributed by atoms with Crippen LogP contribution in [0.5, 0.6) is 5.75 Å². The smallest absolute Gasteiger partial charge is 0.322 e. The molecular formula is C20H20N4O3. The molecule has 7 heteroatoms. The number of nitrogens with one attached hydrogen (secondary N) is 1. The van der Waals surface area contributed by atoms with E-state index in [1.54, 1.807) is 25.3 Å². The molecule has 1 heterocycles. The van der Waals surface area contributed by atoms with Crippen LogP contribution in [0.3, 0.4) is 0 Å². The van der Waals surface area contributed by atoms with Gasteiger partial charge in [0.15, 0.2) is 0 Å². The molecule has 27 heavy (non-hydrogen) atoms. The Balaban J connectivity index is 1.73. The van der Waals surface area contributed by atoms with Gasteiger partial charge in [0.25, 0.3) is 0 Å². The van der Waals surface area contributed by atoms with Crippen molar-refractivity contribution in [3.8, 4) is 17.1 Å². The summed E-state index contributed by atoms with van der Waals surface area (Å²) in [6.07, 6.45) is 1.64. The first-order valence-corrected chi connectivity index (χ1v) is 8.39. The summed E-state index contributed by atoms with van der Waals surface area (Å²) in [6.45, 7) is 4.19. The number of ether oxygens (including phenoxy) is 1. The number of carbonyl (C=O) groups excluding carboxylic acids is 1. The molecule has 1 aromatic heterocycles. The Morgan fingerprint density at radius 3 is 2.70 bits per heavy atom. The van der Waals surface area contributed by atoms with Crippen LogP contribution in [0.15, 0.2) is 71.8 Å². The van der Waals surface area contributed by atoms with Crippen LogP contribution in [0.25, 0.3) is 11.4 Å². The number of amides is 2. The number of carbonyl (C=O) groups is 1. The molecule has 0 aliphatic rings. The molecule has 0 aliphatic carbocycles. The van der Waals surface area contributed by atoms with E-state index in [9.17, 15) is 4.79 Å². The summed E-state index contributed by atoms with van der Waals surface area (Å²) in [7, 11) is 1.55. The zero-order chi connectivity index (χ0) is 19.1. The number of anilines is 1. The van der Waals surface area contributed by atoms with E-state index in [0.29, 0.717) is 29.7 Å². The van der Waals surface area contributed by atoms with Crippen molar-refractivity contribution in [2.75, 3.05) is 19.0 Å². The minimum absolute atomic E-state index is 0.160. The third-order valence-corrected chi connectivity index (χ3v) is 3.81. The highest BCUT2D eigenvalue weighted by Crippen LogP contribution is 2.23. The summed E-state index contributed by atoms with van der Waals surface area (Å²) in [5.41, 5.74) is 1.43. The van der Waals surface area contributed by atoms with Crippen molar-refractivity contribution < 1.29 is 14.1 Å². The van der Waals surface area contributed by atoms with Crippen LogP contribution in [0.2, 0.25) is 0 Å². The lowest BCUT2D eigenvalue weighted by atomic mass is 10.2. The zero-order valence-corrected chi connectivity index (χ0v) is 15.0. The van der Waals surface area contributed by atoms with Gasteiger partial charge >= 0.3 is 6.03 Å². The van der Waals surface area contributed by atoms with Gasteiger partial charge in [-0.15, -0.1) is 6.58 Å². The van der Waals surface area contributed by atoms with Gasteiger partial charge in [0.05, 0.1) is 12.8 Å². The van der Waals surface area contributed by atoms with E-state index in [1.807, 2.05) is 42.5 Å². The molecule has 7 nitrogen and oxygen atoms in total. The second kappa shape index (κ2) is 8.66. The second-order valence-corrected chi connectivity index (χ2v) is 5.68. The quantitative estimate of drug-likeness (QED) is 0.642. The van der Waals surface area contributed by atoms with Crippen LogP contribution in [-0.2, 0) is 6.54 Å². The molecule has 0 fully saturated rings. The first kappa shape index (κ1) is 18.2. The first-order valence-electron chi connectivity index (χ1n) is 8.39. The van der Waals surface area contributed by atoms with Crippen LogP contribution in [0, 0.1) is 0 Å². The summed E-state index contributed by atoms with van der Waals surface area (Å²) in [5, 5.41) is 6.81. The number of para-hydroxylation sites is 2. The van der Waals surface area contributed by atoms with E-state index in [2.05, 4.69) is 22.0 Å². The first-order chi connectivity index (χ1) is 13.2. The van der Waals surface area contributed by atoms with E-state index in [-0.39, 0.29) is 12.6 Å². The molecule has 3 aromatic rings. The van der Waals surface area contributed by atoms with Gasteiger partial charge in [0.1, 0.15) is 12.3 Å². The number of urea groups is 1. The molecule has 2 aromatic carbocycles. The summed E-state index contributed by atoms with van der Waals surface area (Å²) >= 11 is 0. The monoisotopic (exact) mass is 364 g/mol. The highest BCUT2D eigenvalue weighted by atomic mass is 16.5. The van der Waals surface area contributed by atoms with Gasteiger partial charge in [-0.2, -0.15) is 4.98 Å². The maximum atomic E-state index is 12.7. The van der Waals surface area contributed by atoms with Gasteiger partial charge in [-0.25, -0.2) is 4.79 Å². The molecule has 0 aliphatic heterocycles. The highest BCUT2D eigenvalue weighted by Gasteiger charge is 2.18. The zero-order valence-electron chi connectivity index (χ0n) is 15.0. The summed E-state index contributed by atoms with van der Waals surface area (Å²) in [6, 6.07) is 16.4. The Labute approximate surface area is 157 Å². The number of nitrogens with zero attached hydrogens (tertiary/aromatic N) is 3. The minimum atomic E-state index is -0.320. The topological polar surface area (TPSA) is 80.5 Å². The molecule has 0 saturated heterocycles. The van der Waals surface area contributed by atoms with Gasteiger partial charge < -0.3 is 19.5 Å². The fraction of sp³-hybridized carbons (Fsp3) is 0.150.